The van der Waals surface area contributed by atoms with Crippen LogP contribution in [-0.2, 0) is 4.79 Å². The number of hydrogen-bond acceptors (Lipinski definition) is 4. The number of likely N-dealkylation sites (tertiary alicyclic amines) is 1. The van der Waals surface area contributed by atoms with Gasteiger partial charge in [0.1, 0.15) is 12.0 Å². The maximum absolute atomic E-state index is 12.8. The van der Waals surface area contributed by atoms with Crippen LogP contribution >= 0.6 is 0 Å². The third-order valence-corrected chi connectivity index (χ3v) is 5.10. The van der Waals surface area contributed by atoms with Crippen LogP contribution in [0.5, 0.6) is 0 Å². The zero-order valence-corrected chi connectivity index (χ0v) is 13.2. The summed E-state index contributed by atoms with van der Waals surface area (Å²) >= 11 is 0. The van der Waals surface area contributed by atoms with E-state index in [0.717, 1.165) is 37.8 Å². The molecule has 2 aliphatic rings. The summed E-state index contributed by atoms with van der Waals surface area (Å²) in [5.74, 6) is -0.137. The predicted octanol–water partition coefficient (Wildman–Crippen LogP) is 2.25. The Balaban J connectivity index is 2.24. The van der Waals surface area contributed by atoms with Gasteiger partial charge in [-0.2, -0.15) is 0 Å². The van der Waals surface area contributed by atoms with Gasteiger partial charge in [0.15, 0.2) is 0 Å². The van der Waals surface area contributed by atoms with Crippen LogP contribution in [0.1, 0.15) is 52.9 Å². The highest BCUT2D eigenvalue weighted by molar-refractivity contribution is 6.06. The summed E-state index contributed by atoms with van der Waals surface area (Å²) in [5, 5.41) is 10.5. The van der Waals surface area contributed by atoms with Crippen molar-refractivity contribution in [3.8, 4) is 0 Å². The summed E-state index contributed by atoms with van der Waals surface area (Å²) < 4.78 is 0. The number of piperidine rings is 1. The second-order valence-corrected chi connectivity index (χ2v) is 6.45. The smallest absolute Gasteiger partial charge is 0.150 e. The minimum atomic E-state index is -0.713. The Bertz CT molecular complexity index is 394. The molecule has 0 aromatic heterocycles. The van der Waals surface area contributed by atoms with E-state index in [1.54, 1.807) is 0 Å². The average Bonchev–Trinajstić information content (AvgIpc) is 2.45. The van der Waals surface area contributed by atoms with Gasteiger partial charge in [-0.1, -0.05) is 19.8 Å². The molecule has 0 spiro atoms. The van der Waals surface area contributed by atoms with Gasteiger partial charge in [-0.25, -0.2) is 0 Å². The van der Waals surface area contributed by atoms with Crippen LogP contribution in [0.4, 0.5) is 0 Å². The Labute approximate surface area is 122 Å². The molecule has 1 saturated carbocycles. The van der Waals surface area contributed by atoms with Crippen molar-refractivity contribution >= 4 is 11.5 Å². The number of rotatable bonds is 3. The van der Waals surface area contributed by atoms with E-state index in [-0.39, 0.29) is 23.8 Å². The second-order valence-electron chi connectivity index (χ2n) is 6.45. The molecule has 4 nitrogen and oxygen atoms in total. The van der Waals surface area contributed by atoms with E-state index in [1.165, 1.54) is 0 Å². The van der Waals surface area contributed by atoms with E-state index >= 15 is 0 Å². The number of aliphatic imine (C=N–C) groups is 1. The summed E-state index contributed by atoms with van der Waals surface area (Å²) in [4.78, 5) is 19.4. The molecule has 4 unspecified atom stereocenters. The molecule has 1 N–H and O–H groups in total. The Kier molecular flexibility index (Phi) is 4.97. The van der Waals surface area contributed by atoms with Gasteiger partial charge in [-0.15, -0.1) is 0 Å². The van der Waals surface area contributed by atoms with E-state index in [1.807, 2.05) is 18.9 Å². The lowest BCUT2D eigenvalue weighted by Gasteiger charge is -2.47. The largest absolute Gasteiger partial charge is 0.377 e. The first-order chi connectivity index (χ1) is 9.47. The maximum Gasteiger partial charge on any atom is 0.150 e. The number of ketones is 1. The lowest BCUT2D eigenvalue weighted by Crippen LogP contribution is -2.60. The fourth-order valence-corrected chi connectivity index (χ4v) is 3.68. The summed E-state index contributed by atoms with van der Waals surface area (Å²) in [6.07, 6.45) is 4.53. The van der Waals surface area contributed by atoms with Crippen LogP contribution in [-0.4, -0.2) is 46.9 Å². The zero-order valence-electron chi connectivity index (χ0n) is 13.2. The summed E-state index contributed by atoms with van der Waals surface area (Å²) in [5.41, 5.74) is 0.799. The first-order valence-electron chi connectivity index (χ1n) is 7.95. The van der Waals surface area contributed by atoms with Gasteiger partial charge in [0.05, 0.1) is 5.92 Å². The molecule has 114 valence electrons. The lowest BCUT2D eigenvalue weighted by atomic mass is 9.72. The number of aliphatic hydroxyl groups is 1. The van der Waals surface area contributed by atoms with Crippen LogP contribution in [0.15, 0.2) is 4.99 Å². The summed E-state index contributed by atoms with van der Waals surface area (Å²) in [6, 6.07) is 0.434. The van der Waals surface area contributed by atoms with Crippen molar-refractivity contribution in [3.05, 3.63) is 0 Å². The van der Waals surface area contributed by atoms with Crippen molar-refractivity contribution in [1.29, 1.82) is 0 Å². The van der Waals surface area contributed by atoms with Crippen molar-refractivity contribution in [3.63, 3.8) is 0 Å². The topological polar surface area (TPSA) is 52.9 Å². The number of carbonyl (C=O) groups excluding carboxylic acids is 1. The number of aliphatic hydroxyl groups excluding tert-OH is 1. The molecule has 0 amide bonds. The molecule has 1 aliphatic carbocycles. The molecule has 2 fully saturated rings. The monoisotopic (exact) mass is 280 g/mol. The number of hydrogen-bond donors (Lipinski definition) is 1. The van der Waals surface area contributed by atoms with Gasteiger partial charge in [-0.05, 0) is 40.2 Å². The fraction of sp³-hybridized carbons (Fsp3) is 0.875. The minimum Gasteiger partial charge on any atom is -0.377 e. The van der Waals surface area contributed by atoms with Crippen LogP contribution in [0.25, 0.3) is 0 Å². The van der Waals surface area contributed by atoms with Gasteiger partial charge in [0, 0.05) is 23.7 Å². The molecule has 0 radical (unpaired) electrons. The first kappa shape index (κ1) is 15.6. The van der Waals surface area contributed by atoms with E-state index < -0.39 is 12.1 Å². The van der Waals surface area contributed by atoms with Gasteiger partial charge in [0.2, 0.25) is 0 Å². The Hall–Kier alpha value is -0.740. The van der Waals surface area contributed by atoms with E-state index in [4.69, 9.17) is 0 Å². The summed E-state index contributed by atoms with van der Waals surface area (Å²) in [6.45, 7) is 6.04. The maximum atomic E-state index is 12.8. The molecule has 5 atom stereocenters. The molecular formula is C16H28N2O2. The number of fused-ring (bicyclic) bond motifs is 1. The molecule has 20 heavy (non-hydrogen) atoms. The van der Waals surface area contributed by atoms with Crippen molar-refractivity contribution in [2.45, 2.75) is 71.2 Å². The highest BCUT2D eigenvalue weighted by atomic mass is 16.3. The molecule has 2 rings (SSSR count). The molecular weight excluding hydrogens is 252 g/mol. The van der Waals surface area contributed by atoms with Gasteiger partial charge < -0.3 is 5.11 Å². The van der Waals surface area contributed by atoms with E-state index in [0.29, 0.717) is 0 Å². The van der Waals surface area contributed by atoms with Crippen LogP contribution in [0.2, 0.25) is 0 Å². The normalized spacial score (nSPS) is 37.6. The van der Waals surface area contributed by atoms with Crippen LogP contribution in [0, 0.1) is 11.8 Å². The number of nitrogens with zero attached hydrogens (tertiary/aromatic N) is 2. The third-order valence-electron chi connectivity index (χ3n) is 5.10. The Morgan fingerprint density at radius 2 is 2.10 bits per heavy atom. The van der Waals surface area contributed by atoms with E-state index in [2.05, 4.69) is 18.8 Å². The third kappa shape index (κ3) is 2.82. The first-order valence-corrected chi connectivity index (χ1v) is 7.95. The summed E-state index contributed by atoms with van der Waals surface area (Å²) in [7, 11) is 1.95. The van der Waals surface area contributed by atoms with Gasteiger partial charge >= 0.3 is 0 Å². The quantitative estimate of drug-likeness (QED) is 0.807. The molecule has 4 heteroatoms. The Morgan fingerprint density at radius 1 is 1.45 bits per heavy atom. The van der Waals surface area contributed by atoms with Crippen molar-refractivity contribution in [2.24, 2.45) is 16.8 Å². The van der Waals surface area contributed by atoms with Gasteiger partial charge in [0.25, 0.3) is 0 Å². The predicted molar refractivity (Wildman–Crippen MR) is 80.9 cm³/mol. The lowest BCUT2D eigenvalue weighted by molar-refractivity contribution is -0.150. The second kappa shape index (κ2) is 6.35. The molecule has 0 aromatic rings. The van der Waals surface area contributed by atoms with Gasteiger partial charge in [-0.3, -0.25) is 14.7 Å². The van der Waals surface area contributed by atoms with Crippen molar-refractivity contribution < 1.29 is 9.90 Å². The molecule has 1 heterocycles. The highest BCUT2D eigenvalue weighted by Gasteiger charge is 2.48. The fourth-order valence-electron chi connectivity index (χ4n) is 3.68. The minimum absolute atomic E-state index is 0.0873. The molecule has 1 aliphatic heterocycles. The SMILES string of the molecule is CC[C@@H](C)N=C(C)C1C(=O)C2CCCCC2N(C)C1O. The van der Waals surface area contributed by atoms with Crippen molar-refractivity contribution in [2.75, 3.05) is 7.05 Å². The average molecular weight is 280 g/mol. The van der Waals surface area contributed by atoms with E-state index in [9.17, 15) is 9.90 Å². The van der Waals surface area contributed by atoms with Crippen LogP contribution < -0.4 is 0 Å². The molecule has 1 saturated heterocycles. The highest BCUT2D eigenvalue weighted by Crippen LogP contribution is 2.37. The van der Waals surface area contributed by atoms with Crippen molar-refractivity contribution in [1.82, 2.24) is 4.90 Å². The Morgan fingerprint density at radius 3 is 2.75 bits per heavy atom. The number of carbonyl (C=O) groups is 1. The molecule has 0 aromatic carbocycles. The molecule has 0 bridgehead atoms. The number of Topliss-reactive ketones (excluding diaryl/α,β-unsaturated/α-hetero) is 1. The van der Waals surface area contributed by atoms with Crippen LogP contribution in [0.3, 0.4) is 0 Å². The standard InChI is InChI=1S/C16H28N2O2/c1-5-10(2)17-11(3)14-15(19)12-8-6-7-9-13(12)18(4)16(14)20/h10,12-14,16,20H,5-9H2,1-4H3/t10-,12?,13?,14?,16?/m1/s1. The zero-order chi connectivity index (χ0) is 14.9.